The van der Waals surface area contributed by atoms with Gasteiger partial charge in [0.25, 0.3) is 5.56 Å². The van der Waals surface area contributed by atoms with Crippen LogP contribution in [-0.2, 0) is 25.4 Å². The minimum absolute atomic E-state index is 0.179. The Kier molecular flexibility index (Phi) is 4.80. The zero-order valence-corrected chi connectivity index (χ0v) is 16.4. The largest absolute Gasteiger partial charge is 0.348 e. The highest BCUT2D eigenvalue weighted by Crippen LogP contribution is 2.32. The predicted molar refractivity (Wildman–Crippen MR) is 110 cm³/mol. The summed E-state index contributed by atoms with van der Waals surface area (Å²) in [5, 5.41) is 0. The Balaban J connectivity index is 1.69. The van der Waals surface area contributed by atoms with Crippen LogP contribution in [-0.4, -0.2) is 31.1 Å². The molecule has 0 spiro atoms. The van der Waals surface area contributed by atoms with E-state index in [0.29, 0.717) is 18.7 Å². The number of carbonyl (C=O) groups excluding carboxylic acids is 1. The number of aromatic nitrogens is 3. The Bertz CT molecular complexity index is 1200. The zero-order chi connectivity index (χ0) is 20.5. The molecule has 1 aliphatic heterocycles. The third-order valence-electron chi connectivity index (χ3n) is 5.32. The molecule has 0 N–H and O–H groups in total. The number of nitrogens with zero attached hydrogens (tertiary/aromatic N) is 4. The summed E-state index contributed by atoms with van der Waals surface area (Å²) in [6.45, 7) is 1.28. The minimum Gasteiger partial charge on any atom is -0.348 e. The van der Waals surface area contributed by atoms with Gasteiger partial charge in [-0.05, 0) is 23.8 Å². The Labute approximate surface area is 167 Å². The lowest BCUT2D eigenvalue weighted by atomic mass is 10.00. The molecule has 148 valence electrons. The molecule has 2 aromatic heterocycles. The molecule has 7 nitrogen and oxygen atoms in total. The van der Waals surface area contributed by atoms with Crippen LogP contribution in [0.3, 0.4) is 0 Å². The van der Waals surface area contributed by atoms with E-state index >= 15 is 0 Å². The summed E-state index contributed by atoms with van der Waals surface area (Å²) in [6, 6.07) is 13.7. The molecule has 1 aliphatic rings. The molecule has 0 fully saturated rings. The summed E-state index contributed by atoms with van der Waals surface area (Å²) in [5.41, 5.74) is 1.55. The molecule has 1 unspecified atom stereocenters. The topological polar surface area (TPSA) is 69.2 Å². The lowest BCUT2D eigenvalue weighted by Crippen LogP contribution is -2.41. The van der Waals surface area contributed by atoms with Crippen LogP contribution in [0.25, 0.3) is 6.08 Å². The SMILES string of the molecule is Cn1cc(/C=C/C(=O)N2CCn3cccc3C2c2ccccc2)c(=O)n(C)c1=O. The molecule has 3 heterocycles. The van der Waals surface area contributed by atoms with E-state index in [1.807, 2.05) is 53.6 Å². The predicted octanol–water partition coefficient (Wildman–Crippen LogP) is 1.53. The highest BCUT2D eigenvalue weighted by Gasteiger charge is 2.30. The van der Waals surface area contributed by atoms with Crippen LogP contribution >= 0.6 is 0 Å². The van der Waals surface area contributed by atoms with E-state index in [-0.39, 0.29) is 11.9 Å². The van der Waals surface area contributed by atoms with Crippen molar-refractivity contribution in [2.24, 2.45) is 14.1 Å². The third kappa shape index (κ3) is 3.35. The van der Waals surface area contributed by atoms with Gasteiger partial charge in [0.2, 0.25) is 5.91 Å². The monoisotopic (exact) mass is 390 g/mol. The van der Waals surface area contributed by atoms with E-state index < -0.39 is 11.2 Å². The van der Waals surface area contributed by atoms with Crippen molar-refractivity contribution in [3.8, 4) is 0 Å². The Morgan fingerprint density at radius 1 is 1.03 bits per heavy atom. The van der Waals surface area contributed by atoms with Crippen molar-refractivity contribution in [3.05, 3.63) is 98.6 Å². The first kappa shape index (κ1) is 18.7. The molecule has 4 rings (SSSR count). The lowest BCUT2D eigenvalue weighted by molar-refractivity contribution is -0.128. The van der Waals surface area contributed by atoms with Gasteiger partial charge in [-0.1, -0.05) is 30.3 Å². The van der Waals surface area contributed by atoms with Gasteiger partial charge in [0.05, 0.1) is 11.6 Å². The van der Waals surface area contributed by atoms with E-state index in [1.54, 1.807) is 7.05 Å². The molecule has 0 bridgehead atoms. The molecule has 1 atom stereocenters. The second-order valence-electron chi connectivity index (χ2n) is 7.15. The number of amides is 1. The summed E-state index contributed by atoms with van der Waals surface area (Å²) < 4.78 is 4.52. The fraction of sp³-hybridized carbons (Fsp3) is 0.227. The second kappa shape index (κ2) is 7.43. The van der Waals surface area contributed by atoms with E-state index in [1.165, 1.54) is 30.0 Å². The number of rotatable bonds is 3. The van der Waals surface area contributed by atoms with Gasteiger partial charge in [0, 0.05) is 51.3 Å². The number of fused-ring (bicyclic) bond motifs is 1. The molecule has 0 aliphatic carbocycles. The van der Waals surface area contributed by atoms with Gasteiger partial charge in [-0.2, -0.15) is 0 Å². The highest BCUT2D eigenvalue weighted by atomic mass is 16.2. The number of aryl methyl sites for hydroxylation is 1. The lowest BCUT2D eigenvalue weighted by Gasteiger charge is -2.36. The van der Waals surface area contributed by atoms with Crippen LogP contribution in [0.5, 0.6) is 0 Å². The van der Waals surface area contributed by atoms with Crippen LogP contribution in [0.4, 0.5) is 0 Å². The molecule has 29 heavy (non-hydrogen) atoms. The van der Waals surface area contributed by atoms with Crippen LogP contribution in [0.15, 0.2) is 70.5 Å². The Morgan fingerprint density at radius 3 is 2.55 bits per heavy atom. The fourth-order valence-corrected chi connectivity index (χ4v) is 3.81. The maximum atomic E-state index is 13.1. The number of benzene rings is 1. The first-order chi connectivity index (χ1) is 14.0. The normalized spacial score (nSPS) is 16.2. The summed E-state index contributed by atoms with van der Waals surface area (Å²) in [7, 11) is 3.00. The van der Waals surface area contributed by atoms with Gasteiger partial charge in [-0.3, -0.25) is 14.2 Å². The Morgan fingerprint density at radius 2 is 1.79 bits per heavy atom. The van der Waals surface area contributed by atoms with E-state index in [0.717, 1.165) is 15.8 Å². The zero-order valence-electron chi connectivity index (χ0n) is 16.4. The standard InChI is InChI=1S/C22H22N4O3/c1-23-15-17(21(28)24(2)22(23)29)10-11-19(27)26-14-13-25-12-6-9-18(25)20(26)16-7-4-3-5-8-16/h3-12,15,20H,13-14H2,1-2H3/b11-10+. The smallest absolute Gasteiger partial charge is 0.330 e. The number of carbonyl (C=O) groups is 1. The first-order valence-corrected chi connectivity index (χ1v) is 9.42. The van der Waals surface area contributed by atoms with E-state index in [9.17, 15) is 14.4 Å². The van der Waals surface area contributed by atoms with Crippen LogP contribution in [0, 0.1) is 0 Å². The van der Waals surface area contributed by atoms with Gasteiger partial charge in [-0.15, -0.1) is 0 Å². The summed E-state index contributed by atoms with van der Waals surface area (Å²) in [5.74, 6) is -0.179. The van der Waals surface area contributed by atoms with Crippen LogP contribution in [0.2, 0.25) is 0 Å². The van der Waals surface area contributed by atoms with Crippen molar-refractivity contribution >= 4 is 12.0 Å². The van der Waals surface area contributed by atoms with Crippen LogP contribution < -0.4 is 11.2 Å². The average molecular weight is 390 g/mol. The quantitative estimate of drug-likeness (QED) is 0.637. The summed E-state index contributed by atoms with van der Waals surface area (Å²) in [4.78, 5) is 39.1. The minimum atomic E-state index is -0.427. The molecule has 1 amide bonds. The third-order valence-corrected chi connectivity index (χ3v) is 5.32. The van der Waals surface area contributed by atoms with E-state index in [2.05, 4.69) is 4.57 Å². The maximum Gasteiger partial charge on any atom is 0.330 e. The van der Waals surface area contributed by atoms with E-state index in [4.69, 9.17) is 0 Å². The van der Waals surface area contributed by atoms with Gasteiger partial charge in [0.1, 0.15) is 0 Å². The molecular weight excluding hydrogens is 368 g/mol. The van der Waals surface area contributed by atoms with Crippen molar-refractivity contribution in [1.29, 1.82) is 0 Å². The highest BCUT2D eigenvalue weighted by molar-refractivity contribution is 5.92. The Hall–Kier alpha value is -3.61. The molecule has 0 radical (unpaired) electrons. The first-order valence-electron chi connectivity index (χ1n) is 9.42. The molecule has 3 aromatic rings. The molecule has 0 saturated heterocycles. The van der Waals surface area contributed by atoms with Crippen molar-refractivity contribution < 1.29 is 4.79 Å². The summed E-state index contributed by atoms with van der Waals surface area (Å²) >= 11 is 0. The van der Waals surface area contributed by atoms with Crippen molar-refractivity contribution in [2.45, 2.75) is 12.6 Å². The molecule has 1 aromatic carbocycles. The maximum absolute atomic E-state index is 13.1. The number of hydrogen-bond donors (Lipinski definition) is 0. The molecular formula is C22H22N4O3. The van der Waals surface area contributed by atoms with Gasteiger partial charge in [-0.25, -0.2) is 4.79 Å². The number of hydrogen-bond acceptors (Lipinski definition) is 3. The van der Waals surface area contributed by atoms with Crippen molar-refractivity contribution in [2.75, 3.05) is 6.54 Å². The van der Waals surface area contributed by atoms with Crippen molar-refractivity contribution in [1.82, 2.24) is 18.6 Å². The van der Waals surface area contributed by atoms with Crippen LogP contribution in [0.1, 0.15) is 22.9 Å². The average Bonchev–Trinajstić information content (AvgIpc) is 3.22. The summed E-state index contributed by atoms with van der Waals surface area (Å²) in [6.07, 6.45) is 6.37. The van der Waals surface area contributed by atoms with Crippen molar-refractivity contribution in [3.63, 3.8) is 0 Å². The second-order valence-corrected chi connectivity index (χ2v) is 7.15. The molecule has 0 saturated carbocycles. The van der Waals surface area contributed by atoms with Gasteiger partial charge in [0.15, 0.2) is 0 Å². The molecule has 7 heteroatoms. The van der Waals surface area contributed by atoms with Gasteiger partial charge >= 0.3 is 5.69 Å². The fourth-order valence-electron chi connectivity index (χ4n) is 3.81. The van der Waals surface area contributed by atoms with Gasteiger partial charge < -0.3 is 14.0 Å².